The van der Waals surface area contributed by atoms with Crippen molar-refractivity contribution in [3.05, 3.63) is 107 Å². The van der Waals surface area contributed by atoms with E-state index in [2.05, 4.69) is 9.47 Å². The van der Waals surface area contributed by atoms with Gasteiger partial charge in [-0.2, -0.15) is 0 Å². The normalized spacial score (nSPS) is 9.06. The number of carbonyl (C=O) groups is 4. The summed E-state index contributed by atoms with van der Waals surface area (Å²) in [5, 5.41) is 17.1. The van der Waals surface area contributed by atoms with E-state index in [0.29, 0.717) is 0 Å². The molecule has 3 rings (SSSR count). The van der Waals surface area contributed by atoms with Crippen molar-refractivity contribution >= 4 is 23.9 Å². The van der Waals surface area contributed by atoms with Crippen molar-refractivity contribution in [1.29, 1.82) is 0 Å². The predicted octanol–water partition coefficient (Wildman–Crippen LogP) is 4.03. The van der Waals surface area contributed by atoms with Crippen molar-refractivity contribution < 1.29 is 38.9 Å². The maximum atomic E-state index is 11.2. The number of carboxylic acid groups (broad SMARTS) is 2. The summed E-state index contributed by atoms with van der Waals surface area (Å²) >= 11 is 0. The molecular formula is C24H22O8. The number of rotatable bonds is 4. The van der Waals surface area contributed by atoms with Gasteiger partial charge in [0, 0.05) is 0 Å². The second kappa shape index (κ2) is 13.7. The van der Waals surface area contributed by atoms with E-state index in [0.717, 1.165) is 0 Å². The van der Waals surface area contributed by atoms with Crippen LogP contribution in [0.15, 0.2) is 84.9 Å². The van der Waals surface area contributed by atoms with Crippen LogP contribution < -0.4 is 0 Å². The maximum Gasteiger partial charge on any atom is 0.338 e. The van der Waals surface area contributed by atoms with Gasteiger partial charge in [-0.3, -0.25) is 0 Å². The molecule has 3 aromatic rings. The van der Waals surface area contributed by atoms with Gasteiger partial charge in [0.15, 0.2) is 0 Å². The standard InChI is InChI=1S/C10H10O4.C8H6O4.C6H6/c1-13-9(11)7-5-3-4-6-8(7)10(12)14-2;9-7(10)5-3-1-2-4-6(5)8(11)12;1-2-4-6-5-3-1/h3-6H,1-2H3;1-4H,(H,9,10)(H,11,12);1-6H. The van der Waals surface area contributed by atoms with Crippen LogP contribution in [0.5, 0.6) is 0 Å². The van der Waals surface area contributed by atoms with E-state index in [1.807, 2.05) is 36.4 Å². The summed E-state index contributed by atoms with van der Waals surface area (Å²) in [5.41, 5.74) is 0.0405. The highest BCUT2D eigenvalue weighted by Crippen LogP contribution is 2.11. The molecule has 32 heavy (non-hydrogen) atoms. The van der Waals surface area contributed by atoms with Crippen molar-refractivity contribution in [2.75, 3.05) is 14.2 Å². The van der Waals surface area contributed by atoms with Gasteiger partial charge in [0.05, 0.1) is 36.5 Å². The van der Waals surface area contributed by atoms with Crippen molar-refractivity contribution in [2.45, 2.75) is 0 Å². The molecule has 0 radical (unpaired) electrons. The molecule has 8 heteroatoms. The number of aromatic carboxylic acids is 2. The topological polar surface area (TPSA) is 127 Å². The van der Waals surface area contributed by atoms with Gasteiger partial charge < -0.3 is 19.7 Å². The van der Waals surface area contributed by atoms with Gasteiger partial charge in [0.25, 0.3) is 0 Å². The molecule has 0 aliphatic heterocycles. The molecule has 0 fully saturated rings. The largest absolute Gasteiger partial charge is 0.478 e. The van der Waals surface area contributed by atoms with Gasteiger partial charge in [-0.15, -0.1) is 0 Å². The molecular weight excluding hydrogens is 416 g/mol. The van der Waals surface area contributed by atoms with Gasteiger partial charge >= 0.3 is 23.9 Å². The Kier molecular flexibility index (Phi) is 11.0. The third kappa shape index (κ3) is 8.11. The van der Waals surface area contributed by atoms with Crippen LogP contribution >= 0.6 is 0 Å². The third-order valence-electron chi connectivity index (χ3n) is 3.79. The molecule has 3 aromatic carbocycles. The SMILES string of the molecule is COC(=O)c1ccccc1C(=O)OC.O=C(O)c1ccccc1C(=O)O.c1ccccc1. The van der Waals surface area contributed by atoms with Crippen molar-refractivity contribution in [2.24, 2.45) is 0 Å². The molecule has 0 bridgehead atoms. The van der Waals surface area contributed by atoms with E-state index < -0.39 is 23.9 Å². The number of carbonyl (C=O) groups excluding carboxylic acids is 2. The summed E-state index contributed by atoms with van der Waals surface area (Å²) in [7, 11) is 2.52. The highest BCUT2D eigenvalue weighted by atomic mass is 16.5. The lowest BCUT2D eigenvalue weighted by molar-refractivity contribution is 0.0555. The summed E-state index contributed by atoms with van der Waals surface area (Å²) in [6.45, 7) is 0. The molecule has 0 saturated carbocycles. The summed E-state index contributed by atoms with van der Waals surface area (Å²) < 4.78 is 9.05. The highest BCUT2D eigenvalue weighted by Gasteiger charge is 2.16. The number of carboxylic acids is 2. The Labute approximate surface area is 184 Å². The van der Waals surface area contributed by atoms with Crippen LogP contribution in [-0.4, -0.2) is 48.3 Å². The second-order valence-corrected chi connectivity index (χ2v) is 5.84. The Morgan fingerprint density at radius 3 is 0.969 bits per heavy atom. The lowest BCUT2D eigenvalue weighted by Gasteiger charge is -2.04. The zero-order chi connectivity index (χ0) is 23.9. The zero-order valence-electron chi connectivity index (χ0n) is 17.4. The van der Waals surface area contributed by atoms with Crippen LogP contribution in [0.1, 0.15) is 41.4 Å². The molecule has 0 saturated heterocycles. The molecule has 166 valence electrons. The number of esters is 2. The lowest BCUT2D eigenvalue weighted by atomic mass is 10.1. The van der Waals surface area contributed by atoms with E-state index in [9.17, 15) is 19.2 Å². The first-order valence-electron chi connectivity index (χ1n) is 9.14. The second-order valence-electron chi connectivity index (χ2n) is 5.84. The van der Waals surface area contributed by atoms with Crippen molar-refractivity contribution in [3.63, 3.8) is 0 Å². The maximum absolute atomic E-state index is 11.2. The van der Waals surface area contributed by atoms with Crippen molar-refractivity contribution in [1.82, 2.24) is 0 Å². The predicted molar refractivity (Wildman–Crippen MR) is 116 cm³/mol. The van der Waals surface area contributed by atoms with E-state index in [-0.39, 0.29) is 22.3 Å². The molecule has 2 N–H and O–H groups in total. The minimum Gasteiger partial charge on any atom is -0.478 e. The number of benzene rings is 3. The Bertz CT molecular complexity index is 950. The van der Waals surface area contributed by atoms with Gasteiger partial charge in [-0.25, -0.2) is 19.2 Å². The van der Waals surface area contributed by atoms with Crippen LogP contribution in [0.3, 0.4) is 0 Å². The smallest absolute Gasteiger partial charge is 0.338 e. The Hall–Kier alpha value is -4.46. The molecule has 0 amide bonds. The highest BCUT2D eigenvalue weighted by molar-refractivity contribution is 6.03. The Morgan fingerprint density at radius 1 is 0.500 bits per heavy atom. The average molecular weight is 438 g/mol. The summed E-state index contributed by atoms with van der Waals surface area (Å²) in [5.74, 6) is -3.56. The first kappa shape index (κ1) is 25.6. The molecule has 0 heterocycles. The van der Waals surface area contributed by atoms with Crippen LogP contribution in [0.25, 0.3) is 0 Å². The first-order chi connectivity index (χ1) is 15.3. The van der Waals surface area contributed by atoms with Crippen LogP contribution in [0.2, 0.25) is 0 Å². The molecule has 0 unspecified atom stereocenters. The van der Waals surface area contributed by atoms with Crippen LogP contribution in [0.4, 0.5) is 0 Å². The quantitative estimate of drug-likeness (QED) is 0.585. The number of methoxy groups -OCH3 is 2. The van der Waals surface area contributed by atoms with Crippen LogP contribution in [-0.2, 0) is 9.47 Å². The molecule has 8 nitrogen and oxygen atoms in total. The fourth-order valence-electron chi connectivity index (χ4n) is 2.30. The average Bonchev–Trinajstić information content (AvgIpc) is 2.84. The fraction of sp³-hybridized carbons (Fsp3) is 0.0833. The monoisotopic (exact) mass is 438 g/mol. The van der Waals surface area contributed by atoms with Gasteiger partial charge in [0.1, 0.15) is 0 Å². The van der Waals surface area contributed by atoms with E-state index in [1.54, 1.807) is 12.1 Å². The molecule has 0 aliphatic rings. The number of ether oxygens (including phenoxy) is 2. The number of hydrogen-bond donors (Lipinski definition) is 2. The first-order valence-corrected chi connectivity index (χ1v) is 9.14. The minimum absolute atomic E-state index is 0.190. The van der Waals surface area contributed by atoms with Crippen LogP contribution in [0, 0.1) is 0 Å². The third-order valence-corrected chi connectivity index (χ3v) is 3.79. The summed E-state index contributed by atoms with van der Waals surface area (Å²) in [4.78, 5) is 43.4. The molecule has 0 spiro atoms. The molecule has 0 aromatic heterocycles. The van der Waals surface area contributed by atoms with Gasteiger partial charge in [0.2, 0.25) is 0 Å². The number of hydrogen-bond acceptors (Lipinski definition) is 6. The minimum atomic E-state index is -1.23. The Balaban J connectivity index is 0.000000257. The van der Waals surface area contributed by atoms with E-state index >= 15 is 0 Å². The summed E-state index contributed by atoms with van der Waals surface area (Å²) in [6, 6.07) is 23.8. The molecule has 0 aliphatic carbocycles. The summed E-state index contributed by atoms with van der Waals surface area (Å²) in [6.07, 6.45) is 0. The van der Waals surface area contributed by atoms with Gasteiger partial charge in [-0.05, 0) is 24.3 Å². The zero-order valence-corrected chi connectivity index (χ0v) is 17.4. The van der Waals surface area contributed by atoms with Crippen molar-refractivity contribution in [3.8, 4) is 0 Å². The molecule has 0 atom stereocenters. The lowest BCUT2D eigenvalue weighted by Crippen LogP contribution is -2.11. The van der Waals surface area contributed by atoms with E-state index in [4.69, 9.17) is 10.2 Å². The van der Waals surface area contributed by atoms with Gasteiger partial charge in [-0.1, -0.05) is 60.7 Å². The van der Waals surface area contributed by atoms with E-state index in [1.165, 1.54) is 50.6 Å². The Morgan fingerprint density at radius 2 is 0.750 bits per heavy atom. The fourth-order valence-corrected chi connectivity index (χ4v) is 2.30.